The van der Waals surface area contributed by atoms with Gasteiger partial charge in [0.2, 0.25) is 5.91 Å². The number of carbonyl (C=O) groups excluding carboxylic acids is 1. The highest BCUT2D eigenvalue weighted by molar-refractivity contribution is 7.99. The molecule has 25 heavy (non-hydrogen) atoms. The molecule has 1 amide bonds. The van der Waals surface area contributed by atoms with Crippen molar-refractivity contribution >= 4 is 48.2 Å². The van der Waals surface area contributed by atoms with E-state index in [1.807, 2.05) is 11.8 Å². The molecule has 0 aromatic heterocycles. The van der Waals surface area contributed by atoms with Crippen molar-refractivity contribution < 1.29 is 4.79 Å². The topological polar surface area (TPSA) is 44.4 Å². The number of amides is 1. The lowest BCUT2D eigenvalue weighted by atomic mass is 10.1. The summed E-state index contributed by atoms with van der Waals surface area (Å²) < 4.78 is 0. The van der Waals surface area contributed by atoms with E-state index in [4.69, 9.17) is 0 Å². The SMILES string of the molecule is Cc1cc(CN2CCSCC2)ccc1NC(=O)CC1CCCN1.Cl.Cl. The Labute approximate surface area is 167 Å². The van der Waals surface area contributed by atoms with Crippen molar-refractivity contribution in [3.05, 3.63) is 29.3 Å². The number of hydrogen-bond acceptors (Lipinski definition) is 4. The zero-order valence-corrected chi connectivity index (χ0v) is 17.2. The summed E-state index contributed by atoms with van der Waals surface area (Å²) in [6, 6.07) is 6.78. The second-order valence-electron chi connectivity index (χ2n) is 6.58. The Balaban J connectivity index is 0.00000156. The zero-order valence-electron chi connectivity index (χ0n) is 14.8. The summed E-state index contributed by atoms with van der Waals surface area (Å²) >= 11 is 2.04. The fourth-order valence-electron chi connectivity index (χ4n) is 3.34. The van der Waals surface area contributed by atoms with Crippen LogP contribution in [0.5, 0.6) is 0 Å². The standard InChI is InChI=1S/C18H27N3OS.2ClH/c1-14-11-15(13-21-7-9-23-10-8-21)4-5-17(14)20-18(22)12-16-3-2-6-19-16;;/h4-5,11,16,19H,2-3,6-10,12-13H2,1H3,(H,20,22);2*1H. The molecule has 2 aliphatic rings. The first-order valence-corrected chi connectivity index (χ1v) is 9.79. The van der Waals surface area contributed by atoms with Crippen LogP contribution in [0.3, 0.4) is 0 Å². The largest absolute Gasteiger partial charge is 0.326 e. The maximum absolute atomic E-state index is 12.2. The smallest absolute Gasteiger partial charge is 0.225 e. The Morgan fingerprint density at radius 1 is 1.32 bits per heavy atom. The van der Waals surface area contributed by atoms with E-state index in [1.165, 1.54) is 36.6 Å². The lowest BCUT2D eigenvalue weighted by molar-refractivity contribution is -0.116. The number of nitrogens with zero attached hydrogens (tertiary/aromatic N) is 1. The monoisotopic (exact) mass is 405 g/mol. The third kappa shape index (κ3) is 6.99. The fraction of sp³-hybridized carbons (Fsp3) is 0.611. The molecule has 1 unspecified atom stereocenters. The first-order valence-electron chi connectivity index (χ1n) is 8.63. The number of anilines is 1. The number of thioether (sulfide) groups is 1. The molecule has 1 aromatic carbocycles. The highest BCUT2D eigenvalue weighted by atomic mass is 35.5. The van der Waals surface area contributed by atoms with Gasteiger partial charge < -0.3 is 10.6 Å². The Kier molecular flexibility index (Phi) is 10.2. The average Bonchev–Trinajstić information content (AvgIpc) is 3.04. The van der Waals surface area contributed by atoms with Gasteiger partial charge in [-0.3, -0.25) is 9.69 Å². The van der Waals surface area contributed by atoms with Gasteiger partial charge in [0.25, 0.3) is 0 Å². The first-order chi connectivity index (χ1) is 11.2. The summed E-state index contributed by atoms with van der Waals surface area (Å²) in [5.41, 5.74) is 3.44. The van der Waals surface area contributed by atoms with Crippen molar-refractivity contribution in [3.8, 4) is 0 Å². The van der Waals surface area contributed by atoms with E-state index in [0.717, 1.165) is 30.8 Å². The number of halogens is 2. The van der Waals surface area contributed by atoms with Crippen LogP contribution in [-0.4, -0.2) is 48.0 Å². The average molecular weight is 406 g/mol. The van der Waals surface area contributed by atoms with Crippen LogP contribution in [0.25, 0.3) is 0 Å². The zero-order chi connectivity index (χ0) is 16.1. The molecule has 0 spiro atoms. The van der Waals surface area contributed by atoms with Gasteiger partial charge in [-0.15, -0.1) is 24.8 Å². The Morgan fingerprint density at radius 2 is 2.08 bits per heavy atom. The fourth-order valence-corrected chi connectivity index (χ4v) is 4.32. The van der Waals surface area contributed by atoms with E-state index in [2.05, 4.69) is 40.7 Å². The number of rotatable bonds is 5. The van der Waals surface area contributed by atoms with Crippen LogP contribution in [0, 0.1) is 6.92 Å². The van der Waals surface area contributed by atoms with Crippen LogP contribution in [0.2, 0.25) is 0 Å². The van der Waals surface area contributed by atoms with Gasteiger partial charge in [0, 0.05) is 49.3 Å². The number of nitrogens with one attached hydrogen (secondary N) is 2. The summed E-state index contributed by atoms with van der Waals surface area (Å²) in [4.78, 5) is 14.7. The molecule has 4 nitrogen and oxygen atoms in total. The Hall–Kier alpha value is -0.460. The predicted octanol–water partition coefficient (Wildman–Crippen LogP) is 3.47. The predicted molar refractivity (Wildman–Crippen MR) is 113 cm³/mol. The van der Waals surface area contributed by atoms with Gasteiger partial charge in [-0.2, -0.15) is 11.8 Å². The summed E-state index contributed by atoms with van der Waals surface area (Å²) in [5.74, 6) is 2.60. The summed E-state index contributed by atoms with van der Waals surface area (Å²) in [7, 11) is 0. The second-order valence-corrected chi connectivity index (χ2v) is 7.81. The van der Waals surface area contributed by atoms with Crippen molar-refractivity contribution in [1.82, 2.24) is 10.2 Å². The maximum atomic E-state index is 12.2. The first kappa shape index (κ1) is 22.6. The highest BCUT2D eigenvalue weighted by Gasteiger charge is 2.18. The molecule has 2 N–H and O–H groups in total. The van der Waals surface area contributed by atoms with Crippen LogP contribution >= 0.6 is 36.6 Å². The highest BCUT2D eigenvalue weighted by Crippen LogP contribution is 2.20. The molecular formula is C18H29Cl2N3OS. The Morgan fingerprint density at radius 3 is 2.72 bits per heavy atom. The van der Waals surface area contributed by atoms with Gasteiger partial charge in [0.1, 0.15) is 0 Å². The molecular weight excluding hydrogens is 377 g/mol. The normalized spacial score (nSPS) is 20.4. The number of carbonyl (C=O) groups is 1. The van der Waals surface area contributed by atoms with Crippen molar-refractivity contribution in [2.24, 2.45) is 0 Å². The van der Waals surface area contributed by atoms with Gasteiger partial charge in [-0.1, -0.05) is 12.1 Å². The van der Waals surface area contributed by atoms with Crippen molar-refractivity contribution in [1.29, 1.82) is 0 Å². The summed E-state index contributed by atoms with van der Waals surface area (Å²) in [6.45, 7) is 6.49. The van der Waals surface area contributed by atoms with Crippen LogP contribution < -0.4 is 10.6 Å². The van der Waals surface area contributed by atoms with E-state index in [1.54, 1.807) is 0 Å². The lowest BCUT2D eigenvalue weighted by Gasteiger charge is -2.26. The molecule has 1 aromatic rings. The van der Waals surface area contributed by atoms with Crippen molar-refractivity contribution in [3.63, 3.8) is 0 Å². The van der Waals surface area contributed by atoms with Gasteiger partial charge in [-0.05, 0) is 43.5 Å². The molecule has 7 heteroatoms. The van der Waals surface area contributed by atoms with Gasteiger partial charge in [0.05, 0.1) is 0 Å². The summed E-state index contributed by atoms with van der Waals surface area (Å²) in [6.07, 6.45) is 2.87. The minimum Gasteiger partial charge on any atom is -0.326 e. The van der Waals surface area contributed by atoms with E-state index in [-0.39, 0.29) is 30.7 Å². The Bertz CT molecular complexity index is 547. The van der Waals surface area contributed by atoms with Crippen molar-refractivity contribution in [2.45, 2.75) is 38.8 Å². The molecule has 2 fully saturated rings. The van der Waals surface area contributed by atoms with Crippen LogP contribution in [0.1, 0.15) is 30.4 Å². The van der Waals surface area contributed by atoms with Crippen LogP contribution in [0.15, 0.2) is 18.2 Å². The molecule has 0 aliphatic carbocycles. The molecule has 0 saturated carbocycles. The van der Waals surface area contributed by atoms with E-state index in [0.29, 0.717) is 12.5 Å². The molecule has 3 rings (SSSR count). The minimum absolute atomic E-state index is 0. The summed E-state index contributed by atoms with van der Waals surface area (Å²) in [5, 5.41) is 6.45. The van der Waals surface area contributed by atoms with Gasteiger partial charge >= 0.3 is 0 Å². The molecule has 0 radical (unpaired) electrons. The van der Waals surface area contributed by atoms with Gasteiger partial charge in [0.15, 0.2) is 0 Å². The van der Waals surface area contributed by atoms with Crippen LogP contribution in [0.4, 0.5) is 5.69 Å². The maximum Gasteiger partial charge on any atom is 0.225 e. The molecule has 2 heterocycles. The number of hydrogen-bond donors (Lipinski definition) is 2. The quantitative estimate of drug-likeness (QED) is 0.786. The van der Waals surface area contributed by atoms with E-state index >= 15 is 0 Å². The molecule has 142 valence electrons. The lowest BCUT2D eigenvalue weighted by Crippen LogP contribution is -2.32. The number of aryl methyl sites for hydroxylation is 1. The van der Waals surface area contributed by atoms with Crippen molar-refractivity contribution in [2.75, 3.05) is 36.5 Å². The van der Waals surface area contributed by atoms with E-state index in [9.17, 15) is 4.79 Å². The molecule has 2 aliphatic heterocycles. The number of benzene rings is 1. The molecule has 1 atom stereocenters. The molecule has 0 bridgehead atoms. The third-order valence-electron chi connectivity index (χ3n) is 4.67. The third-order valence-corrected chi connectivity index (χ3v) is 5.61. The second kappa shape index (κ2) is 11.3. The minimum atomic E-state index is 0. The van der Waals surface area contributed by atoms with E-state index < -0.39 is 0 Å². The van der Waals surface area contributed by atoms with Crippen LogP contribution in [-0.2, 0) is 11.3 Å². The molecule has 2 saturated heterocycles. The van der Waals surface area contributed by atoms with Gasteiger partial charge in [-0.25, -0.2) is 0 Å².